The lowest BCUT2D eigenvalue weighted by molar-refractivity contribution is 0.545. The lowest BCUT2D eigenvalue weighted by atomic mass is 9.83. The van der Waals surface area contributed by atoms with Gasteiger partial charge in [0.1, 0.15) is 0 Å². The zero-order valence-corrected chi connectivity index (χ0v) is 15.5. The molecule has 0 aliphatic carbocycles. The molecule has 2 aromatic rings. The van der Waals surface area contributed by atoms with Crippen LogP contribution in [0.1, 0.15) is 79.3 Å². The van der Waals surface area contributed by atoms with Gasteiger partial charge in [-0.25, -0.2) is 0 Å². The Bertz CT molecular complexity index is 704. The maximum Gasteiger partial charge on any atom is 0.225 e. The molecule has 0 spiro atoms. The Balaban J connectivity index is 3.06. The van der Waals surface area contributed by atoms with Gasteiger partial charge in [-0.15, -0.1) is 10.2 Å². The maximum atomic E-state index is 6.21. The smallest absolute Gasteiger partial charge is 0.225 e. The average Bonchev–Trinajstić information content (AvgIpc) is 2.67. The van der Waals surface area contributed by atoms with E-state index in [1.807, 2.05) is 0 Å². The van der Waals surface area contributed by atoms with Crippen molar-refractivity contribution in [2.45, 2.75) is 78.6 Å². The first-order valence-corrected chi connectivity index (χ1v) is 7.93. The average molecular weight is 302 g/mol. The summed E-state index contributed by atoms with van der Waals surface area (Å²) < 4.78 is 2.11. The minimum Gasteiger partial charge on any atom is -0.368 e. The molecule has 0 atom stereocenters. The van der Waals surface area contributed by atoms with Gasteiger partial charge in [-0.3, -0.25) is 4.40 Å². The lowest BCUT2D eigenvalue weighted by Gasteiger charge is -2.24. The number of anilines is 1. The monoisotopic (exact) mass is 302 g/mol. The van der Waals surface area contributed by atoms with Crippen molar-refractivity contribution >= 4 is 11.5 Å². The molecular formula is C18H30N4. The Hall–Kier alpha value is -1.58. The van der Waals surface area contributed by atoms with Crippen molar-refractivity contribution in [3.8, 4) is 0 Å². The molecule has 2 aromatic heterocycles. The fourth-order valence-electron chi connectivity index (χ4n) is 2.80. The van der Waals surface area contributed by atoms with E-state index in [2.05, 4.69) is 83.0 Å². The summed E-state index contributed by atoms with van der Waals surface area (Å²) in [5.41, 5.74) is 10.7. The van der Waals surface area contributed by atoms with E-state index >= 15 is 0 Å². The highest BCUT2D eigenvalue weighted by molar-refractivity contribution is 5.68. The SMILES string of the molecule is CC(C)(C)c1cc(C(C)(C)C)n2c(N)nnc(C(C)(C)C)c12. The molecule has 0 fully saturated rings. The Morgan fingerprint density at radius 3 is 1.77 bits per heavy atom. The highest BCUT2D eigenvalue weighted by atomic mass is 15.2. The van der Waals surface area contributed by atoms with Crippen LogP contribution in [0.3, 0.4) is 0 Å². The van der Waals surface area contributed by atoms with E-state index in [9.17, 15) is 0 Å². The van der Waals surface area contributed by atoms with E-state index in [4.69, 9.17) is 5.73 Å². The molecule has 22 heavy (non-hydrogen) atoms. The molecule has 2 rings (SSSR count). The first-order chi connectivity index (χ1) is 9.74. The molecule has 0 saturated carbocycles. The molecule has 0 unspecified atom stereocenters. The molecule has 4 heteroatoms. The summed E-state index contributed by atoms with van der Waals surface area (Å²) in [4.78, 5) is 0. The predicted octanol–water partition coefficient (Wildman–Crippen LogP) is 4.20. The molecule has 0 aliphatic rings. The number of nitrogens with zero attached hydrogens (tertiary/aromatic N) is 3. The Labute approximate surface area is 134 Å². The van der Waals surface area contributed by atoms with Gasteiger partial charge in [0.05, 0.1) is 11.2 Å². The van der Waals surface area contributed by atoms with Crippen molar-refractivity contribution in [3.05, 3.63) is 23.0 Å². The zero-order chi connectivity index (χ0) is 17.1. The second-order valence-electron chi connectivity index (χ2n) is 9.28. The Kier molecular flexibility index (Phi) is 3.59. The predicted molar refractivity (Wildman–Crippen MR) is 93.5 cm³/mol. The van der Waals surface area contributed by atoms with Gasteiger partial charge >= 0.3 is 0 Å². The minimum atomic E-state index is -0.0878. The van der Waals surface area contributed by atoms with Crippen LogP contribution in [0, 0.1) is 0 Å². The van der Waals surface area contributed by atoms with Crippen molar-refractivity contribution in [1.29, 1.82) is 0 Å². The second kappa shape index (κ2) is 4.71. The first kappa shape index (κ1) is 16.8. The fraction of sp³-hybridized carbons (Fsp3) is 0.667. The van der Waals surface area contributed by atoms with Crippen LogP contribution < -0.4 is 5.73 Å². The molecule has 0 bridgehead atoms. The van der Waals surface area contributed by atoms with Crippen LogP contribution in [0.15, 0.2) is 6.07 Å². The Morgan fingerprint density at radius 1 is 0.818 bits per heavy atom. The summed E-state index contributed by atoms with van der Waals surface area (Å²) in [6, 6.07) is 2.28. The maximum absolute atomic E-state index is 6.21. The molecule has 0 saturated heterocycles. The Morgan fingerprint density at radius 2 is 1.36 bits per heavy atom. The number of nitrogen functional groups attached to an aromatic ring is 1. The molecule has 0 aliphatic heterocycles. The molecule has 0 aromatic carbocycles. The summed E-state index contributed by atoms with van der Waals surface area (Å²) >= 11 is 0. The summed E-state index contributed by atoms with van der Waals surface area (Å²) in [6.45, 7) is 19.8. The van der Waals surface area contributed by atoms with Gasteiger partial charge in [0.15, 0.2) is 0 Å². The fourth-order valence-corrected chi connectivity index (χ4v) is 2.80. The van der Waals surface area contributed by atoms with E-state index < -0.39 is 0 Å². The third-order valence-electron chi connectivity index (χ3n) is 3.99. The van der Waals surface area contributed by atoms with E-state index in [1.54, 1.807) is 0 Å². The van der Waals surface area contributed by atoms with E-state index in [-0.39, 0.29) is 16.2 Å². The molecule has 0 amide bonds. The van der Waals surface area contributed by atoms with E-state index in [1.165, 1.54) is 11.3 Å². The van der Waals surface area contributed by atoms with Crippen molar-refractivity contribution in [2.24, 2.45) is 0 Å². The van der Waals surface area contributed by atoms with Crippen molar-refractivity contribution in [2.75, 3.05) is 5.73 Å². The number of hydrogen-bond donors (Lipinski definition) is 1. The van der Waals surface area contributed by atoms with Crippen LogP contribution in [-0.2, 0) is 16.2 Å². The summed E-state index contributed by atoms with van der Waals surface area (Å²) in [5.74, 6) is 0.462. The molecular weight excluding hydrogens is 272 g/mol. The van der Waals surface area contributed by atoms with Gasteiger partial charge in [-0.05, 0) is 17.0 Å². The summed E-state index contributed by atoms with van der Waals surface area (Å²) in [6.07, 6.45) is 0. The third-order valence-corrected chi connectivity index (χ3v) is 3.99. The lowest BCUT2D eigenvalue weighted by Crippen LogP contribution is -2.22. The van der Waals surface area contributed by atoms with Crippen LogP contribution in [-0.4, -0.2) is 14.6 Å². The largest absolute Gasteiger partial charge is 0.368 e. The molecule has 2 heterocycles. The van der Waals surface area contributed by atoms with E-state index in [0.29, 0.717) is 5.95 Å². The van der Waals surface area contributed by atoms with Crippen LogP contribution in [0.4, 0.5) is 5.95 Å². The minimum absolute atomic E-state index is 0.0152. The molecule has 4 nitrogen and oxygen atoms in total. The standard InChI is InChI=1S/C18H30N4/c1-16(2,3)11-10-12(17(4,5)6)22-13(11)14(18(7,8)9)20-21-15(22)19/h10H,1-9H3,(H2,19,21). The van der Waals surface area contributed by atoms with Gasteiger partial charge in [0.2, 0.25) is 5.95 Å². The third kappa shape index (κ3) is 2.71. The zero-order valence-electron chi connectivity index (χ0n) is 15.5. The van der Waals surface area contributed by atoms with Crippen LogP contribution in [0.2, 0.25) is 0 Å². The molecule has 0 radical (unpaired) electrons. The quantitative estimate of drug-likeness (QED) is 0.793. The summed E-state index contributed by atoms with van der Waals surface area (Å²) in [5, 5.41) is 8.69. The van der Waals surface area contributed by atoms with Gasteiger partial charge in [-0.1, -0.05) is 62.3 Å². The second-order valence-corrected chi connectivity index (χ2v) is 9.28. The highest BCUT2D eigenvalue weighted by Gasteiger charge is 2.32. The van der Waals surface area contributed by atoms with Crippen molar-refractivity contribution in [1.82, 2.24) is 14.6 Å². The van der Waals surface area contributed by atoms with Gasteiger partial charge < -0.3 is 5.73 Å². The highest BCUT2D eigenvalue weighted by Crippen LogP contribution is 2.38. The van der Waals surface area contributed by atoms with Gasteiger partial charge in [0.25, 0.3) is 0 Å². The number of nitrogens with two attached hydrogens (primary N) is 1. The van der Waals surface area contributed by atoms with Crippen molar-refractivity contribution in [3.63, 3.8) is 0 Å². The first-order valence-electron chi connectivity index (χ1n) is 7.93. The number of hydrogen-bond acceptors (Lipinski definition) is 3. The van der Waals surface area contributed by atoms with Crippen LogP contribution in [0.25, 0.3) is 5.52 Å². The summed E-state index contributed by atoms with van der Waals surface area (Å²) in [7, 11) is 0. The molecule has 122 valence electrons. The van der Waals surface area contributed by atoms with Crippen LogP contribution >= 0.6 is 0 Å². The number of rotatable bonds is 0. The topological polar surface area (TPSA) is 56.2 Å². The number of aromatic nitrogens is 3. The molecule has 2 N–H and O–H groups in total. The normalized spacial score (nSPS) is 13.9. The van der Waals surface area contributed by atoms with Gasteiger partial charge in [0, 0.05) is 16.5 Å². The van der Waals surface area contributed by atoms with E-state index in [0.717, 1.165) is 11.2 Å². The van der Waals surface area contributed by atoms with Crippen molar-refractivity contribution < 1.29 is 0 Å². The number of fused-ring (bicyclic) bond motifs is 1. The van der Waals surface area contributed by atoms with Gasteiger partial charge in [-0.2, -0.15) is 0 Å². The van der Waals surface area contributed by atoms with Crippen LogP contribution in [0.5, 0.6) is 0 Å².